The summed E-state index contributed by atoms with van der Waals surface area (Å²) in [6.07, 6.45) is -0.906. The fourth-order valence-electron chi connectivity index (χ4n) is 7.45. The van der Waals surface area contributed by atoms with Gasteiger partial charge in [-0.3, -0.25) is 4.90 Å². The zero-order valence-electron chi connectivity index (χ0n) is 36.3. The van der Waals surface area contributed by atoms with Gasteiger partial charge in [-0.1, -0.05) is 30.0 Å². The van der Waals surface area contributed by atoms with Gasteiger partial charge in [0.05, 0.1) is 25.9 Å². The fourth-order valence-corrected chi connectivity index (χ4v) is 10.3. The predicted molar refractivity (Wildman–Crippen MR) is 220 cm³/mol. The molecule has 3 fully saturated rings. The molecule has 330 valence electrons. The maximum Gasteiger partial charge on any atom is 0.508 e. The number of aromatic nitrogens is 5. The van der Waals surface area contributed by atoms with Gasteiger partial charge in [0.15, 0.2) is 37.3 Å². The molecule has 0 N–H and O–H groups in total. The summed E-state index contributed by atoms with van der Waals surface area (Å²) in [5.74, 6) is 0.396. The SMILES string of the molecule is CCCSc1nc(N(C(=O)OC(C)(C)C)C2CC2c2ccc([I+]c3ccc(OC)cc3)c(F)c2)c2nnn([C@@H]3C[C@H](OCCOC(=O)OC(C)(C)C)[C@H]4OC(C)(C)O[C@H]43)c2n1. The van der Waals surface area contributed by atoms with E-state index in [0.717, 1.165) is 27.1 Å². The van der Waals surface area contributed by atoms with E-state index in [2.05, 4.69) is 17.2 Å². The molecule has 18 heteroatoms. The van der Waals surface area contributed by atoms with Crippen LogP contribution < -0.4 is 30.8 Å². The van der Waals surface area contributed by atoms with E-state index in [1.54, 1.807) is 43.5 Å². The minimum Gasteiger partial charge on any atom is -0.497 e. The summed E-state index contributed by atoms with van der Waals surface area (Å²) < 4.78 is 60.1. The summed E-state index contributed by atoms with van der Waals surface area (Å²) in [6.45, 7) is 16.6. The minimum atomic E-state index is -0.912. The van der Waals surface area contributed by atoms with Crippen LogP contribution in [0, 0.1) is 13.0 Å². The van der Waals surface area contributed by atoms with E-state index < -0.39 is 80.8 Å². The Hall–Kier alpha value is -3.85. The summed E-state index contributed by atoms with van der Waals surface area (Å²) in [6, 6.07) is 12.3. The zero-order chi connectivity index (χ0) is 43.9. The van der Waals surface area contributed by atoms with Crippen molar-refractivity contribution in [3.05, 3.63) is 61.0 Å². The molecule has 61 heavy (non-hydrogen) atoms. The molecule has 2 unspecified atom stereocenters. The highest BCUT2D eigenvalue weighted by Gasteiger charge is 2.56. The van der Waals surface area contributed by atoms with Gasteiger partial charge in [-0.05, 0) is 110 Å². The fraction of sp³-hybridized carbons (Fsp3) is 0.581. The average molecular weight is 978 g/mol. The number of carbonyl (C=O) groups excluding carboxylic acids is 2. The van der Waals surface area contributed by atoms with Gasteiger partial charge in [0.2, 0.25) is 3.57 Å². The molecule has 1 aliphatic heterocycles. The van der Waals surface area contributed by atoms with E-state index in [1.807, 2.05) is 71.0 Å². The molecule has 2 aromatic carbocycles. The number of benzene rings is 2. The number of hydrogen-bond acceptors (Lipinski definition) is 14. The zero-order valence-corrected chi connectivity index (χ0v) is 39.2. The van der Waals surface area contributed by atoms with E-state index in [1.165, 1.54) is 11.8 Å². The molecule has 3 aliphatic rings. The van der Waals surface area contributed by atoms with Gasteiger partial charge in [0, 0.05) is 24.1 Å². The van der Waals surface area contributed by atoms with Crippen LogP contribution in [0.5, 0.6) is 5.75 Å². The van der Waals surface area contributed by atoms with Crippen LogP contribution in [0.15, 0.2) is 47.6 Å². The first-order chi connectivity index (χ1) is 28.8. The molecule has 0 spiro atoms. The Morgan fingerprint density at radius 3 is 2.38 bits per heavy atom. The summed E-state index contributed by atoms with van der Waals surface area (Å²) >= 11 is 0.700. The molecule has 6 atom stereocenters. The lowest BCUT2D eigenvalue weighted by Crippen LogP contribution is -3.61. The normalized spacial score (nSPS) is 23.1. The molecule has 2 aliphatic carbocycles. The maximum atomic E-state index is 15.8. The first-order valence-electron chi connectivity index (χ1n) is 20.5. The Morgan fingerprint density at radius 2 is 1.70 bits per heavy atom. The quantitative estimate of drug-likeness (QED) is 0.0541. The smallest absolute Gasteiger partial charge is 0.497 e. The van der Waals surface area contributed by atoms with Crippen molar-refractivity contribution < 1.29 is 68.3 Å². The number of hydrogen-bond donors (Lipinski definition) is 0. The number of ether oxygens (including phenoxy) is 7. The number of amides is 1. The van der Waals surface area contributed by atoms with Crippen molar-refractivity contribution in [1.82, 2.24) is 25.0 Å². The van der Waals surface area contributed by atoms with Gasteiger partial charge in [0.1, 0.15) is 35.8 Å². The Balaban J connectivity index is 1.18. The van der Waals surface area contributed by atoms with Crippen molar-refractivity contribution in [3.8, 4) is 5.75 Å². The number of carbonyl (C=O) groups is 2. The van der Waals surface area contributed by atoms with Crippen LogP contribution >= 0.6 is 11.8 Å². The van der Waals surface area contributed by atoms with Crippen LogP contribution in [0.3, 0.4) is 0 Å². The molecule has 4 aromatic rings. The first kappa shape index (κ1) is 45.2. The third-order valence-electron chi connectivity index (χ3n) is 9.98. The molecule has 2 saturated carbocycles. The highest BCUT2D eigenvalue weighted by atomic mass is 127. The van der Waals surface area contributed by atoms with Crippen LogP contribution in [0.1, 0.15) is 99.1 Å². The van der Waals surface area contributed by atoms with Crippen molar-refractivity contribution in [1.29, 1.82) is 0 Å². The number of anilines is 1. The lowest BCUT2D eigenvalue weighted by molar-refractivity contribution is -0.600. The van der Waals surface area contributed by atoms with Crippen molar-refractivity contribution in [2.45, 2.75) is 140 Å². The van der Waals surface area contributed by atoms with Crippen LogP contribution in [-0.2, 0) is 28.4 Å². The van der Waals surface area contributed by atoms with Gasteiger partial charge >= 0.3 is 33.5 Å². The predicted octanol–water partition coefficient (Wildman–Crippen LogP) is 5.10. The molecule has 2 aromatic heterocycles. The van der Waals surface area contributed by atoms with E-state index in [0.29, 0.717) is 32.7 Å². The summed E-state index contributed by atoms with van der Waals surface area (Å²) in [7, 11) is 1.62. The van der Waals surface area contributed by atoms with Crippen LogP contribution in [0.2, 0.25) is 0 Å². The van der Waals surface area contributed by atoms with Crippen molar-refractivity contribution in [2.24, 2.45) is 0 Å². The monoisotopic (exact) mass is 977 g/mol. The molecular formula is C43H55FIN6O9S+. The van der Waals surface area contributed by atoms with Crippen LogP contribution in [0.25, 0.3) is 11.2 Å². The number of thioether (sulfide) groups is 1. The highest BCUT2D eigenvalue weighted by Crippen LogP contribution is 2.49. The van der Waals surface area contributed by atoms with Crippen molar-refractivity contribution in [3.63, 3.8) is 0 Å². The van der Waals surface area contributed by atoms with Crippen molar-refractivity contribution >= 4 is 41.0 Å². The first-order valence-corrected chi connectivity index (χ1v) is 23.7. The topological polar surface area (TPSA) is 158 Å². The summed E-state index contributed by atoms with van der Waals surface area (Å²) in [5.41, 5.74) is 0.0138. The number of fused-ring (bicyclic) bond motifs is 2. The number of rotatable bonds is 14. The second-order valence-corrected chi connectivity index (χ2v) is 21.7. The van der Waals surface area contributed by atoms with Crippen LogP contribution in [-0.4, -0.2) is 105 Å². The molecule has 0 radical (unpaired) electrons. The average Bonchev–Trinajstić information content (AvgIpc) is 3.56. The molecule has 0 bridgehead atoms. The standard InChI is InChI=1S/C43H55FIN6O9S/c1-11-20-61-38-46-36(50(39(52)59-41(2,3)4)30-22-27(30)24-12-17-29(28(44)21-24)45-25-13-15-26(54-10)16-14-25)33-37(47-38)51(49-48-33)31-23-32(35-34(31)57-43(8,9)58-35)55-18-19-56-40(53)60-42(5,6)7/h12-17,21,27,30-32,34-35H,11,18-20,22-23H2,1-10H3/q+1/t27?,30?,31-,32+,34+,35-/m1/s1. The van der Waals surface area contributed by atoms with E-state index in [4.69, 9.17) is 43.1 Å². The lowest BCUT2D eigenvalue weighted by Gasteiger charge is -2.27. The van der Waals surface area contributed by atoms with E-state index >= 15 is 4.39 Å². The molecule has 15 nitrogen and oxygen atoms in total. The third kappa shape index (κ3) is 10.9. The largest absolute Gasteiger partial charge is 0.508 e. The number of methoxy groups -OCH3 is 1. The molecule has 7 rings (SSSR count). The van der Waals surface area contributed by atoms with E-state index in [9.17, 15) is 9.59 Å². The molecular weight excluding hydrogens is 922 g/mol. The number of nitrogens with zero attached hydrogens (tertiary/aromatic N) is 6. The Bertz CT molecular complexity index is 2210. The van der Waals surface area contributed by atoms with Gasteiger partial charge in [-0.15, -0.1) is 5.10 Å². The van der Waals surface area contributed by atoms with E-state index in [-0.39, 0.29) is 30.8 Å². The van der Waals surface area contributed by atoms with Crippen molar-refractivity contribution in [2.75, 3.05) is 31.0 Å². The second kappa shape index (κ2) is 18.1. The Morgan fingerprint density at radius 1 is 0.984 bits per heavy atom. The van der Waals surface area contributed by atoms with Gasteiger partial charge in [-0.25, -0.2) is 28.6 Å². The van der Waals surface area contributed by atoms with Gasteiger partial charge in [-0.2, -0.15) is 0 Å². The second-order valence-electron chi connectivity index (χ2n) is 17.7. The lowest BCUT2D eigenvalue weighted by atomic mass is 10.1. The van der Waals surface area contributed by atoms with Gasteiger partial charge < -0.3 is 33.2 Å². The summed E-state index contributed by atoms with van der Waals surface area (Å²) in [4.78, 5) is 37.9. The van der Waals surface area contributed by atoms with Gasteiger partial charge in [0.25, 0.3) is 0 Å². The minimum absolute atomic E-state index is 0.0108. The Kier molecular flexibility index (Phi) is 13.4. The maximum absolute atomic E-state index is 15.8. The number of halogens is 2. The third-order valence-corrected chi connectivity index (χ3v) is 13.8. The van der Waals surface area contributed by atoms with Crippen LogP contribution in [0.4, 0.5) is 19.8 Å². The summed E-state index contributed by atoms with van der Waals surface area (Å²) in [5, 5.41) is 9.71. The highest BCUT2D eigenvalue weighted by molar-refractivity contribution is 7.99. The Labute approximate surface area is 370 Å². The molecule has 3 heterocycles. The molecule has 1 saturated heterocycles. The molecule has 1 amide bonds.